The molecule has 6 nitrogen and oxygen atoms in total. The van der Waals surface area contributed by atoms with E-state index in [0.29, 0.717) is 13.0 Å². The van der Waals surface area contributed by atoms with E-state index in [1.54, 1.807) is 0 Å². The fraction of sp³-hybridized carbons (Fsp3) is 0.529. The summed E-state index contributed by atoms with van der Waals surface area (Å²) in [6.45, 7) is 1.41. The first kappa shape index (κ1) is 17.3. The smallest absolute Gasteiger partial charge is 0.240 e. The second-order valence-electron chi connectivity index (χ2n) is 6.07. The third-order valence-corrected chi connectivity index (χ3v) is 4.27. The van der Waals surface area contributed by atoms with Crippen LogP contribution in [0.2, 0.25) is 0 Å². The lowest BCUT2D eigenvalue weighted by atomic mass is 10.0. The van der Waals surface area contributed by atoms with Crippen molar-refractivity contribution in [3.05, 3.63) is 35.9 Å². The summed E-state index contributed by atoms with van der Waals surface area (Å²) in [7, 11) is 0. The zero-order chi connectivity index (χ0) is 16.7. The van der Waals surface area contributed by atoms with Gasteiger partial charge in [0.05, 0.1) is 6.04 Å². The highest BCUT2D eigenvalue weighted by Crippen LogP contribution is 2.22. The van der Waals surface area contributed by atoms with Crippen LogP contribution in [0.5, 0.6) is 0 Å². The van der Waals surface area contributed by atoms with Crippen LogP contribution in [0, 0.1) is 0 Å². The number of carbonyl (C=O) groups excluding carboxylic acids is 1. The van der Waals surface area contributed by atoms with Gasteiger partial charge in [0.1, 0.15) is 0 Å². The van der Waals surface area contributed by atoms with Crippen molar-refractivity contribution in [1.82, 2.24) is 4.90 Å². The van der Waals surface area contributed by atoms with Gasteiger partial charge in [0.15, 0.2) is 5.96 Å². The molecule has 6 N–H and O–H groups in total. The first-order valence-corrected chi connectivity index (χ1v) is 8.23. The van der Waals surface area contributed by atoms with Gasteiger partial charge in [-0.2, -0.15) is 0 Å². The summed E-state index contributed by atoms with van der Waals surface area (Å²) in [5, 5.41) is 0. The normalized spacial score (nSPS) is 18.7. The number of nitrogens with zero attached hydrogens (tertiary/aromatic N) is 2. The number of rotatable bonds is 7. The Morgan fingerprint density at radius 2 is 2.04 bits per heavy atom. The number of likely N-dealkylation sites (tertiary alicyclic amines) is 1. The molecular formula is C17H27N5O. The van der Waals surface area contributed by atoms with Gasteiger partial charge < -0.3 is 22.1 Å². The van der Waals surface area contributed by atoms with E-state index in [9.17, 15) is 4.79 Å². The van der Waals surface area contributed by atoms with Crippen LogP contribution in [0.25, 0.3) is 0 Å². The molecule has 0 aromatic heterocycles. The Balaban J connectivity index is 1.85. The molecule has 1 aromatic rings. The Morgan fingerprint density at radius 1 is 1.30 bits per heavy atom. The van der Waals surface area contributed by atoms with E-state index in [0.717, 1.165) is 37.8 Å². The molecule has 126 valence electrons. The largest absolute Gasteiger partial charge is 0.370 e. The van der Waals surface area contributed by atoms with E-state index in [-0.39, 0.29) is 17.9 Å². The molecule has 2 rings (SSSR count). The van der Waals surface area contributed by atoms with Gasteiger partial charge in [0.2, 0.25) is 5.91 Å². The van der Waals surface area contributed by atoms with Crippen LogP contribution in [0.1, 0.15) is 31.2 Å². The SMILES string of the molecule is NC(N)=NCCC[C@@H]1CCCN1C(=O)[C@@H](N)Cc1ccccc1. The number of nitrogens with two attached hydrogens (primary N) is 3. The minimum absolute atomic E-state index is 0.0539. The summed E-state index contributed by atoms with van der Waals surface area (Å²) < 4.78 is 0. The van der Waals surface area contributed by atoms with Crippen LogP contribution < -0.4 is 17.2 Å². The van der Waals surface area contributed by atoms with Gasteiger partial charge in [-0.3, -0.25) is 9.79 Å². The second-order valence-corrected chi connectivity index (χ2v) is 6.07. The lowest BCUT2D eigenvalue weighted by Crippen LogP contribution is -2.47. The van der Waals surface area contributed by atoms with Crippen molar-refractivity contribution >= 4 is 11.9 Å². The van der Waals surface area contributed by atoms with Crippen molar-refractivity contribution in [3.63, 3.8) is 0 Å². The summed E-state index contributed by atoms with van der Waals surface area (Å²) in [4.78, 5) is 18.6. The van der Waals surface area contributed by atoms with E-state index in [4.69, 9.17) is 17.2 Å². The Kier molecular flexibility index (Phi) is 6.40. The van der Waals surface area contributed by atoms with E-state index in [1.165, 1.54) is 0 Å². The molecule has 0 bridgehead atoms. The fourth-order valence-electron chi connectivity index (χ4n) is 3.13. The summed E-state index contributed by atoms with van der Waals surface area (Å²) in [6, 6.07) is 9.69. The number of benzene rings is 1. The molecule has 2 atom stereocenters. The van der Waals surface area contributed by atoms with Gasteiger partial charge in [-0.15, -0.1) is 0 Å². The molecular weight excluding hydrogens is 290 g/mol. The highest BCUT2D eigenvalue weighted by atomic mass is 16.2. The van der Waals surface area contributed by atoms with Crippen LogP contribution in [0.4, 0.5) is 0 Å². The highest BCUT2D eigenvalue weighted by molar-refractivity contribution is 5.82. The Morgan fingerprint density at radius 3 is 2.74 bits per heavy atom. The average Bonchev–Trinajstić information content (AvgIpc) is 3.00. The van der Waals surface area contributed by atoms with E-state index in [2.05, 4.69) is 4.99 Å². The van der Waals surface area contributed by atoms with Crippen molar-refractivity contribution < 1.29 is 4.79 Å². The van der Waals surface area contributed by atoms with Gasteiger partial charge in [0.25, 0.3) is 0 Å². The van der Waals surface area contributed by atoms with Crippen molar-refractivity contribution in [3.8, 4) is 0 Å². The lowest BCUT2D eigenvalue weighted by Gasteiger charge is -2.27. The predicted octanol–water partition coefficient (Wildman–Crippen LogP) is 0.601. The third kappa shape index (κ3) is 5.25. The minimum Gasteiger partial charge on any atom is -0.370 e. The van der Waals surface area contributed by atoms with Crippen molar-refractivity contribution in [1.29, 1.82) is 0 Å². The number of hydrogen-bond donors (Lipinski definition) is 3. The van der Waals surface area contributed by atoms with Gasteiger partial charge in [-0.1, -0.05) is 30.3 Å². The summed E-state index contributed by atoms with van der Waals surface area (Å²) in [5.74, 6) is 0.174. The number of aliphatic imine (C=N–C) groups is 1. The Hall–Kier alpha value is -2.08. The summed E-state index contributed by atoms with van der Waals surface area (Å²) in [6.07, 6.45) is 4.44. The maximum Gasteiger partial charge on any atom is 0.240 e. The molecule has 1 fully saturated rings. The van der Waals surface area contributed by atoms with Crippen molar-refractivity contribution in [2.45, 2.75) is 44.2 Å². The summed E-state index contributed by atoms with van der Waals surface area (Å²) >= 11 is 0. The Labute approximate surface area is 137 Å². The van der Waals surface area contributed by atoms with Crippen LogP contribution in [-0.4, -0.2) is 41.9 Å². The molecule has 1 heterocycles. The van der Waals surface area contributed by atoms with Gasteiger partial charge in [0, 0.05) is 19.1 Å². The van der Waals surface area contributed by atoms with Gasteiger partial charge in [-0.05, 0) is 37.7 Å². The fourth-order valence-corrected chi connectivity index (χ4v) is 3.13. The number of carbonyl (C=O) groups is 1. The quantitative estimate of drug-likeness (QED) is 0.388. The molecule has 6 heteroatoms. The maximum atomic E-state index is 12.6. The van der Waals surface area contributed by atoms with E-state index in [1.807, 2.05) is 35.2 Å². The molecule has 1 aliphatic heterocycles. The number of amides is 1. The molecule has 23 heavy (non-hydrogen) atoms. The standard InChI is InChI=1S/C17H27N5O/c18-15(12-13-6-2-1-3-7-13)16(23)22-11-5-9-14(22)8-4-10-21-17(19)20/h1-3,6-7,14-15H,4-5,8-12,18H2,(H4,19,20,21)/t14-,15+/m1/s1. The van der Waals surface area contributed by atoms with Crippen LogP contribution >= 0.6 is 0 Å². The molecule has 0 aliphatic carbocycles. The molecule has 0 saturated carbocycles. The lowest BCUT2D eigenvalue weighted by molar-refractivity contribution is -0.133. The zero-order valence-corrected chi connectivity index (χ0v) is 13.5. The molecule has 1 amide bonds. The minimum atomic E-state index is -0.476. The number of guanidine groups is 1. The predicted molar refractivity (Wildman–Crippen MR) is 92.8 cm³/mol. The van der Waals surface area contributed by atoms with E-state index < -0.39 is 6.04 Å². The summed E-state index contributed by atoms with van der Waals surface area (Å²) in [5.41, 5.74) is 17.9. The molecule has 1 aromatic carbocycles. The van der Waals surface area contributed by atoms with Crippen LogP contribution in [0.3, 0.4) is 0 Å². The van der Waals surface area contributed by atoms with E-state index >= 15 is 0 Å². The molecule has 0 spiro atoms. The van der Waals surface area contributed by atoms with Crippen LogP contribution in [-0.2, 0) is 11.2 Å². The first-order valence-electron chi connectivity index (χ1n) is 8.23. The number of hydrogen-bond acceptors (Lipinski definition) is 3. The second kappa shape index (κ2) is 8.53. The van der Waals surface area contributed by atoms with Crippen molar-refractivity contribution in [2.24, 2.45) is 22.2 Å². The monoisotopic (exact) mass is 317 g/mol. The van der Waals surface area contributed by atoms with Crippen molar-refractivity contribution in [2.75, 3.05) is 13.1 Å². The molecule has 0 unspecified atom stereocenters. The molecule has 1 saturated heterocycles. The Bertz CT molecular complexity index is 527. The van der Waals surface area contributed by atoms with Gasteiger partial charge in [-0.25, -0.2) is 0 Å². The molecule has 1 aliphatic rings. The molecule has 0 radical (unpaired) electrons. The van der Waals surface area contributed by atoms with Gasteiger partial charge >= 0.3 is 0 Å². The first-order chi connectivity index (χ1) is 11.1. The maximum absolute atomic E-state index is 12.6. The average molecular weight is 317 g/mol. The topological polar surface area (TPSA) is 111 Å². The van der Waals surface area contributed by atoms with Crippen LogP contribution in [0.15, 0.2) is 35.3 Å². The zero-order valence-electron chi connectivity index (χ0n) is 13.5. The third-order valence-electron chi connectivity index (χ3n) is 4.27. The highest BCUT2D eigenvalue weighted by Gasteiger charge is 2.31.